The van der Waals surface area contributed by atoms with E-state index in [1.807, 2.05) is 13.1 Å². The lowest BCUT2D eigenvalue weighted by Gasteiger charge is -2.10. The fraction of sp³-hybridized carbons (Fsp3) is 0.636. The van der Waals surface area contributed by atoms with E-state index in [2.05, 4.69) is 27.8 Å². The van der Waals surface area contributed by atoms with E-state index >= 15 is 0 Å². The normalized spacial score (nSPS) is 12.7. The molecule has 1 aromatic heterocycles. The molecule has 0 fully saturated rings. The van der Waals surface area contributed by atoms with Crippen molar-refractivity contribution in [2.75, 3.05) is 5.33 Å². The predicted octanol–water partition coefficient (Wildman–Crippen LogP) is 2.36. The van der Waals surface area contributed by atoms with Crippen LogP contribution in [0.4, 0.5) is 0 Å². The Hall–Kier alpha value is -0.640. The van der Waals surface area contributed by atoms with Gasteiger partial charge in [-0.15, -0.1) is 0 Å². The monoisotopic (exact) mass is 272 g/mol. The van der Waals surface area contributed by atoms with Gasteiger partial charge in [0.25, 0.3) is 0 Å². The van der Waals surface area contributed by atoms with Crippen molar-refractivity contribution in [1.29, 1.82) is 0 Å². The fourth-order valence-electron chi connectivity index (χ4n) is 1.42. The molecular weight excluding hydrogens is 256 g/mol. The molecule has 0 aliphatic rings. The summed E-state index contributed by atoms with van der Waals surface area (Å²) in [4.78, 5) is 15.2. The van der Waals surface area contributed by atoms with Crippen molar-refractivity contribution < 1.29 is 0 Å². The minimum atomic E-state index is -0.147. The molecule has 0 aromatic carbocycles. The topological polar surface area (TPSA) is 34.9 Å². The predicted molar refractivity (Wildman–Crippen MR) is 65.4 cm³/mol. The molecule has 0 spiro atoms. The number of hydrogen-bond acceptors (Lipinski definition) is 2. The standard InChI is InChI=1S/C11H17BrN2O/c1-9(3-5-12)4-6-14-8-10(2)7-13-11(14)15/h7-9H,3-6H2,1-2H3. The van der Waals surface area contributed by atoms with Gasteiger partial charge >= 0.3 is 5.69 Å². The second kappa shape index (κ2) is 6.05. The van der Waals surface area contributed by atoms with Crippen molar-refractivity contribution in [3.05, 3.63) is 28.4 Å². The molecule has 1 atom stereocenters. The zero-order chi connectivity index (χ0) is 11.3. The third-order valence-corrected chi connectivity index (χ3v) is 2.91. The molecule has 0 N–H and O–H groups in total. The quantitative estimate of drug-likeness (QED) is 0.772. The Balaban J connectivity index is 2.57. The van der Waals surface area contributed by atoms with Crippen LogP contribution in [-0.2, 0) is 6.54 Å². The lowest BCUT2D eigenvalue weighted by Crippen LogP contribution is -2.23. The number of rotatable bonds is 5. The van der Waals surface area contributed by atoms with Crippen LogP contribution < -0.4 is 5.69 Å². The molecule has 4 heteroatoms. The highest BCUT2D eigenvalue weighted by Gasteiger charge is 2.03. The van der Waals surface area contributed by atoms with E-state index in [0.717, 1.165) is 30.3 Å². The zero-order valence-corrected chi connectivity index (χ0v) is 10.8. The van der Waals surface area contributed by atoms with Gasteiger partial charge in [0.15, 0.2) is 0 Å². The van der Waals surface area contributed by atoms with Crippen LogP contribution in [0.15, 0.2) is 17.2 Å². The maximum atomic E-state index is 11.4. The van der Waals surface area contributed by atoms with Gasteiger partial charge in [-0.1, -0.05) is 22.9 Å². The first-order valence-electron chi connectivity index (χ1n) is 5.22. The van der Waals surface area contributed by atoms with Crippen LogP contribution in [0.2, 0.25) is 0 Å². The van der Waals surface area contributed by atoms with Gasteiger partial charge in [0, 0.05) is 24.3 Å². The number of nitrogens with zero attached hydrogens (tertiary/aromatic N) is 2. The van der Waals surface area contributed by atoms with Gasteiger partial charge in [0.1, 0.15) is 0 Å². The number of hydrogen-bond donors (Lipinski definition) is 0. The highest BCUT2D eigenvalue weighted by Crippen LogP contribution is 2.09. The van der Waals surface area contributed by atoms with Crippen molar-refractivity contribution in [1.82, 2.24) is 9.55 Å². The lowest BCUT2D eigenvalue weighted by atomic mass is 10.1. The Morgan fingerprint density at radius 1 is 1.53 bits per heavy atom. The average Bonchev–Trinajstić information content (AvgIpc) is 2.20. The second-order valence-corrected chi connectivity index (χ2v) is 4.77. The summed E-state index contributed by atoms with van der Waals surface area (Å²) in [5, 5.41) is 1.02. The molecule has 0 amide bonds. The van der Waals surface area contributed by atoms with E-state index < -0.39 is 0 Å². The van der Waals surface area contributed by atoms with Crippen LogP contribution >= 0.6 is 15.9 Å². The molecular formula is C11H17BrN2O. The summed E-state index contributed by atoms with van der Waals surface area (Å²) in [5.74, 6) is 0.636. The van der Waals surface area contributed by atoms with E-state index in [-0.39, 0.29) is 5.69 Å². The van der Waals surface area contributed by atoms with Gasteiger partial charge in [0.05, 0.1) is 0 Å². The zero-order valence-electron chi connectivity index (χ0n) is 9.24. The average molecular weight is 273 g/mol. The van der Waals surface area contributed by atoms with E-state index in [1.54, 1.807) is 10.8 Å². The molecule has 1 aromatic rings. The van der Waals surface area contributed by atoms with Gasteiger partial charge < -0.3 is 0 Å². The smallest absolute Gasteiger partial charge is 0.299 e. The minimum Gasteiger partial charge on any atom is -0.299 e. The first kappa shape index (κ1) is 12.4. The first-order valence-corrected chi connectivity index (χ1v) is 6.34. The van der Waals surface area contributed by atoms with Gasteiger partial charge in [-0.05, 0) is 31.2 Å². The van der Waals surface area contributed by atoms with Crippen LogP contribution in [0.5, 0.6) is 0 Å². The molecule has 0 aliphatic heterocycles. The Labute approximate surface area is 98.7 Å². The molecule has 3 nitrogen and oxygen atoms in total. The SMILES string of the molecule is Cc1cnc(=O)n(CCC(C)CCBr)c1. The summed E-state index contributed by atoms with van der Waals surface area (Å²) in [5.41, 5.74) is 0.884. The van der Waals surface area contributed by atoms with Crippen molar-refractivity contribution in [3.63, 3.8) is 0 Å². The van der Waals surface area contributed by atoms with Crippen molar-refractivity contribution >= 4 is 15.9 Å². The highest BCUT2D eigenvalue weighted by molar-refractivity contribution is 9.09. The lowest BCUT2D eigenvalue weighted by molar-refractivity contribution is 0.462. The van der Waals surface area contributed by atoms with Crippen molar-refractivity contribution in [2.24, 2.45) is 5.92 Å². The highest BCUT2D eigenvalue weighted by atomic mass is 79.9. The van der Waals surface area contributed by atoms with Gasteiger partial charge in [0.2, 0.25) is 0 Å². The summed E-state index contributed by atoms with van der Waals surface area (Å²) in [6.45, 7) is 4.92. The Morgan fingerprint density at radius 2 is 2.27 bits per heavy atom. The largest absolute Gasteiger partial charge is 0.347 e. The molecule has 0 bridgehead atoms. The fourth-order valence-corrected chi connectivity index (χ4v) is 2.20. The summed E-state index contributed by atoms with van der Waals surface area (Å²) in [7, 11) is 0. The van der Waals surface area contributed by atoms with Gasteiger partial charge in [-0.25, -0.2) is 9.78 Å². The van der Waals surface area contributed by atoms with Gasteiger partial charge in [-0.3, -0.25) is 4.57 Å². The molecule has 1 heterocycles. The van der Waals surface area contributed by atoms with Crippen LogP contribution in [-0.4, -0.2) is 14.9 Å². The van der Waals surface area contributed by atoms with Gasteiger partial charge in [-0.2, -0.15) is 0 Å². The Kier molecular flexibility index (Phi) is 5.02. The van der Waals surface area contributed by atoms with E-state index in [1.165, 1.54) is 0 Å². The van der Waals surface area contributed by atoms with Crippen LogP contribution in [0.25, 0.3) is 0 Å². The number of aromatic nitrogens is 2. The van der Waals surface area contributed by atoms with Crippen molar-refractivity contribution in [2.45, 2.75) is 33.2 Å². The van der Waals surface area contributed by atoms with E-state index in [9.17, 15) is 4.79 Å². The minimum absolute atomic E-state index is 0.147. The molecule has 1 unspecified atom stereocenters. The number of halogens is 1. The third-order valence-electron chi connectivity index (χ3n) is 2.45. The maximum absolute atomic E-state index is 11.4. The van der Waals surface area contributed by atoms with Crippen LogP contribution in [0.3, 0.4) is 0 Å². The second-order valence-electron chi connectivity index (χ2n) is 3.98. The third kappa shape index (κ3) is 4.16. The van der Waals surface area contributed by atoms with E-state index in [0.29, 0.717) is 5.92 Å². The maximum Gasteiger partial charge on any atom is 0.347 e. The molecule has 15 heavy (non-hydrogen) atoms. The molecule has 1 rings (SSSR count). The van der Waals surface area contributed by atoms with E-state index in [4.69, 9.17) is 0 Å². The molecule has 0 aliphatic carbocycles. The Bertz CT molecular complexity index is 362. The number of aryl methyl sites for hydroxylation is 2. The summed E-state index contributed by atoms with van der Waals surface area (Å²) < 4.78 is 1.69. The summed E-state index contributed by atoms with van der Waals surface area (Å²) in [6.07, 6.45) is 5.65. The molecule has 0 saturated heterocycles. The first-order chi connectivity index (χ1) is 7.13. The molecule has 0 saturated carbocycles. The van der Waals surface area contributed by atoms with Crippen LogP contribution in [0, 0.1) is 12.8 Å². The summed E-state index contributed by atoms with van der Waals surface area (Å²) >= 11 is 3.42. The molecule has 84 valence electrons. The Morgan fingerprint density at radius 3 is 2.93 bits per heavy atom. The summed E-state index contributed by atoms with van der Waals surface area (Å²) in [6, 6.07) is 0. The van der Waals surface area contributed by atoms with Crippen molar-refractivity contribution in [3.8, 4) is 0 Å². The number of alkyl halides is 1. The van der Waals surface area contributed by atoms with Crippen LogP contribution in [0.1, 0.15) is 25.3 Å². The molecule has 0 radical (unpaired) electrons.